The average molecular weight is 464 g/mol. The molecule has 0 heterocycles. The quantitative estimate of drug-likeness (QED) is 0.241. The van der Waals surface area contributed by atoms with E-state index >= 15 is 0 Å². The topological polar surface area (TPSA) is 9.23 Å². The van der Waals surface area contributed by atoms with E-state index in [0.29, 0.717) is 13.2 Å². The largest absolute Gasteiger partial charge is 0.364 e. The zero-order valence-corrected chi connectivity index (χ0v) is 20.0. The normalized spacial score (nSPS) is 11.2. The second kappa shape index (κ2) is 10.5. The summed E-state index contributed by atoms with van der Waals surface area (Å²) >= 11 is 10.2. The van der Waals surface area contributed by atoms with Gasteiger partial charge in [0.2, 0.25) is 0 Å². The molecular weight excluding hydrogens is 436 g/mol. The van der Waals surface area contributed by atoms with Crippen molar-refractivity contribution in [3.8, 4) is 11.8 Å². The highest BCUT2D eigenvalue weighted by Crippen LogP contribution is 2.28. The van der Waals surface area contributed by atoms with Gasteiger partial charge in [-0.3, -0.25) is 0 Å². The molecule has 0 radical (unpaired) electrons. The number of halogens is 2. The van der Waals surface area contributed by atoms with E-state index < -0.39 is 8.07 Å². The van der Waals surface area contributed by atoms with E-state index in [9.17, 15) is 0 Å². The molecule has 4 heteroatoms. The van der Waals surface area contributed by atoms with Crippen LogP contribution in [-0.2, 0) is 24.2 Å². The summed E-state index contributed by atoms with van der Waals surface area (Å²) in [6, 6.07) is 13.8. The summed E-state index contributed by atoms with van der Waals surface area (Å²) in [5.41, 5.74) is 4.79. The fraction of sp³-hybridized carbons (Fsp3) is 0.391. The molecule has 0 aliphatic heterocycles. The molecule has 2 aromatic carbocycles. The van der Waals surface area contributed by atoms with Gasteiger partial charge in [-0.1, -0.05) is 84.3 Å². The highest BCUT2D eigenvalue weighted by Gasteiger charge is 2.10. The minimum Gasteiger partial charge on any atom is -0.364 e. The van der Waals surface area contributed by atoms with Crippen LogP contribution in [0.25, 0.3) is 0 Å². The Kier molecular flexibility index (Phi) is 8.63. The van der Waals surface area contributed by atoms with Crippen LogP contribution in [0.3, 0.4) is 0 Å². The van der Waals surface area contributed by atoms with Gasteiger partial charge in [-0.2, -0.15) is 0 Å². The molecule has 0 amide bonds. The third-order valence-corrected chi connectivity index (χ3v) is 6.54. The van der Waals surface area contributed by atoms with Crippen LogP contribution in [-0.4, -0.2) is 14.7 Å². The van der Waals surface area contributed by atoms with Crippen LogP contribution >= 0.6 is 27.5 Å². The molecule has 0 aliphatic carbocycles. The number of aryl methyl sites for hydroxylation is 1. The highest BCUT2D eigenvalue weighted by atomic mass is 79.9. The van der Waals surface area contributed by atoms with E-state index in [-0.39, 0.29) is 0 Å². The number of rotatable bonds is 7. The van der Waals surface area contributed by atoms with Crippen LogP contribution in [0.5, 0.6) is 0 Å². The molecule has 1 nitrogen and oxygen atoms in total. The molecule has 0 atom stereocenters. The monoisotopic (exact) mass is 462 g/mol. The first-order chi connectivity index (χ1) is 12.8. The molecule has 0 N–H and O–H groups in total. The van der Waals surface area contributed by atoms with Gasteiger partial charge in [0.05, 0.1) is 14.7 Å². The standard InChI is InChI=1S/C23H28BrClOSi/c1-5-18-8-10-19(11-9-18)14-20-15-22(24)21(16-23(20)25)17-26-12-6-7-13-27(2,3)4/h8-11,15-16H,5,12-14,17H2,1-4H3. The summed E-state index contributed by atoms with van der Waals surface area (Å²) in [7, 11) is -1.10. The number of hydrogen-bond acceptors (Lipinski definition) is 1. The van der Waals surface area contributed by atoms with Crippen molar-refractivity contribution in [1.29, 1.82) is 0 Å². The fourth-order valence-electron chi connectivity index (χ4n) is 2.58. The molecular formula is C23H28BrClOSi. The van der Waals surface area contributed by atoms with Gasteiger partial charge in [-0.15, -0.1) is 5.92 Å². The van der Waals surface area contributed by atoms with Crippen molar-refractivity contribution >= 4 is 35.6 Å². The lowest BCUT2D eigenvalue weighted by Crippen LogP contribution is -2.17. The first kappa shape index (κ1) is 22.2. The Hall–Kier alpha value is -1.05. The van der Waals surface area contributed by atoms with Gasteiger partial charge in [0.1, 0.15) is 6.61 Å². The average Bonchev–Trinajstić information content (AvgIpc) is 2.61. The molecule has 0 unspecified atom stereocenters. The Morgan fingerprint density at radius 2 is 1.67 bits per heavy atom. The van der Waals surface area contributed by atoms with Gasteiger partial charge >= 0.3 is 0 Å². The summed E-state index contributed by atoms with van der Waals surface area (Å²) < 4.78 is 6.74. The van der Waals surface area contributed by atoms with Crippen LogP contribution in [0.2, 0.25) is 30.7 Å². The molecule has 0 aliphatic rings. The Bertz CT molecular complexity index is 813. The lowest BCUT2D eigenvalue weighted by molar-refractivity contribution is 0.153. The predicted molar refractivity (Wildman–Crippen MR) is 123 cm³/mol. The number of benzene rings is 2. The van der Waals surface area contributed by atoms with E-state index in [0.717, 1.165) is 39.5 Å². The van der Waals surface area contributed by atoms with Crippen LogP contribution in [0, 0.1) is 11.8 Å². The molecule has 2 rings (SSSR count). The first-order valence-corrected chi connectivity index (χ1v) is 14.2. The van der Waals surface area contributed by atoms with Gasteiger partial charge < -0.3 is 4.74 Å². The van der Waals surface area contributed by atoms with Gasteiger partial charge in [-0.25, -0.2) is 0 Å². The first-order valence-electron chi connectivity index (χ1n) is 9.36. The summed E-state index contributed by atoms with van der Waals surface area (Å²) in [6.45, 7) is 10.1. The van der Waals surface area contributed by atoms with E-state index in [1.54, 1.807) is 0 Å². The Balaban J connectivity index is 1.95. The lowest BCUT2D eigenvalue weighted by atomic mass is 10.0. The zero-order chi connectivity index (χ0) is 19.9. The van der Waals surface area contributed by atoms with Crippen molar-refractivity contribution in [3.05, 3.63) is 68.1 Å². The molecule has 0 saturated heterocycles. The number of ether oxygens (including phenoxy) is 1. The van der Waals surface area contributed by atoms with Crippen molar-refractivity contribution in [2.45, 2.75) is 52.1 Å². The number of hydrogen-bond donors (Lipinski definition) is 0. The minimum absolute atomic E-state index is 0.458. The van der Waals surface area contributed by atoms with Crippen molar-refractivity contribution in [2.24, 2.45) is 0 Å². The third-order valence-electron chi connectivity index (χ3n) is 4.22. The molecule has 27 heavy (non-hydrogen) atoms. The molecule has 0 saturated carbocycles. The summed E-state index contributed by atoms with van der Waals surface area (Å²) in [5, 5.41) is 0.779. The van der Waals surface area contributed by atoms with Crippen molar-refractivity contribution in [2.75, 3.05) is 6.61 Å². The fourth-order valence-corrected chi connectivity index (χ4v) is 3.99. The van der Waals surface area contributed by atoms with Crippen LogP contribution < -0.4 is 0 Å². The smallest absolute Gasteiger partial charge is 0.108 e. The zero-order valence-electron chi connectivity index (χ0n) is 16.7. The lowest BCUT2D eigenvalue weighted by Gasteiger charge is -2.11. The molecule has 2 aromatic rings. The second-order valence-corrected chi connectivity index (χ2v) is 14.7. The predicted octanol–water partition coefficient (Wildman–Crippen LogP) is 7.11. The van der Waals surface area contributed by atoms with E-state index in [1.807, 2.05) is 6.07 Å². The third kappa shape index (κ3) is 7.83. The highest BCUT2D eigenvalue weighted by molar-refractivity contribution is 9.10. The van der Waals surface area contributed by atoms with Crippen molar-refractivity contribution < 1.29 is 4.74 Å². The van der Waals surface area contributed by atoms with E-state index in [4.69, 9.17) is 16.3 Å². The molecule has 0 bridgehead atoms. The van der Waals surface area contributed by atoms with Crippen LogP contribution in [0.1, 0.15) is 29.2 Å². The van der Waals surface area contributed by atoms with Crippen LogP contribution in [0.15, 0.2) is 40.9 Å². The Labute approximate surface area is 178 Å². The van der Waals surface area contributed by atoms with Crippen molar-refractivity contribution in [3.63, 3.8) is 0 Å². The maximum Gasteiger partial charge on any atom is 0.108 e. The van der Waals surface area contributed by atoms with E-state index in [1.165, 1.54) is 11.1 Å². The Morgan fingerprint density at radius 3 is 2.30 bits per heavy atom. The van der Waals surface area contributed by atoms with Gasteiger partial charge in [-0.05, 0) is 47.2 Å². The second-order valence-electron chi connectivity index (χ2n) is 7.97. The van der Waals surface area contributed by atoms with Crippen LogP contribution in [0.4, 0.5) is 0 Å². The van der Waals surface area contributed by atoms with Gasteiger partial charge in [0.25, 0.3) is 0 Å². The maximum absolute atomic E-state index is 6.52. The SMILES string of the molecule is CCc1ccc(Cc2cc(Br)c(COCC#CC[Si](C)(C)C)cc2Cl)cc1. The van der Waals surface area contributed by atoms with E-state index in [2.05, 4.69) is 84.7 Å². The summed E-state index contributed by atoms with van der Waals surface area (Å²) in [6.07, 6.45) is 1.88. The Morgan fingerprint density at radius 1 is 1.00 bits per heavy atom. The summed E-state index contributed by atoms with van der Waals surface area (Å²) in [4.78, 5) is 0. The molecule has 144 valence electrons. The maximum atomic E-state index is 6.52. The minimum atomic E-state index is -1.10. The molecule has 0 fully saturated rings. The molecule has 0 spiro atoms. The van der Waals surface area contributed by atoms with Gasteiger partial charge in [0.15, 0.2) is 0 Å². The molecule has 0 aromatic heterocycles. The van der Waals surface area contributed by atoms with Crippen molar-refractivity contribution in [1.82, 2.24) is 0 Å². The van der Waals surface area contributed by atoms with Gasteiger partial charge in [0, 0.05) is 15.5 Å². The summed E-state index contributed by atoms with van der Waals surface area (Å²) in [5.74, 6) is 6.34.